The number of ether oxygens (including phenoxy) is 1. The van der Waals surface area contributed by atoms with Crippen LogP contribution in [0, 0.1) is 5.92 Å². The molecule has 0 spiro atoms. The van der Waals surface area contributed by atoms with Crippen LogP contribution in [0.5, 0.6) is 0 Å². The molecule has 7 heteroatoms. The van der Waals surface area contributed by atoms with E-state index in [1.807, 2.05) is 0 Å². The molecule has 1 fully saturated rings. The van der Waals surface area contributed by atoms with Crippen LogP contribution >= 0.6 is 0 Å². The van der Waals surface area contributed by atoms with Crippen LogP contribution in [-0.2, 0) is 19.1 Å². The van der Waals surface area contributed by atoms with Gasteiger partial charge < -0.3 is 20.3 Å². The van der Waals surface area contributed by atoms with E-state index in [9.17, 15) is 14.4 Å². The van der Waals surface area contributed by atoms with Crippen LogP contribution < -0.4 is 10.6 Å². The number of hydrogen-bond acceptors (Lipinski definition) is 4. The maximum absolute atomic E-state index is 12.4. The molecule has 1 unspecified atom stereocenters. The molecule has 1 heterocycles. The van der Waals surface area contributed by atoms with E-state index in [4.69, 9.17) is 4.74 Å². The molecule has 2 N–H and O–H groups in total. The van der Waals surface area contributed by atoms with Gasteiger partial charge in [-0.15, -0.1) is 0 Å². The SMILES string of the molecule is COCCCN1CC(C(=O)Nc2cccc(NC(C)=O)c2)CC1=O. The molecular formula is C17H23N3O4. The zero-order valence-electron chi connectivity index (χ0n) is 14.0. The Morgan fingerprint density at radius 3 is 2.67 bits per heavy atom. The van der Waals surface area contributed by atoms with Gasteiger partial charge in [0.05, 0.1) is 5.92 Å². The Labute approximate surface area is 141 Å². The van der Waals surface area contributed by atoms with Crippen molar-refractivity contribution in [3.8, 4) is 0 Å². The summed E-state index contributed by atoms with van der Waals surface area (Å²) in [5.74, 6) is -0.716. The summed E-state index contributed by atoms with van der Waals surface area (Å²) < 4.78 is 4.98. The lowest BCUT2D eigenvalue weighted by Crippen LogP contribution is -2.29. The summed E-state index contributed by atoms with van der Waals surface area (Å²) in [6.07, 6.45) is 0.986. The molecule has 0 aliphatic carbocycles. The zero-order chi connectivity index (χ0) is 17.5. The third-order valence-corrected chi connectivity index (χ3v) is 3.81. The third kappa shape index (κ3) is 5.06. The van der Waals surface area contributed by atoms with Gasteiger partial charge in [0.2, 0.25) is 17.7 Å². The lowest BCUT2D eigenvalue weighted by Gasteiger charge is -2.16. The Morgan fingerprint density at radius 1 is 1.29 bits per heavy atom. The number of anilines is 2. The van der Waals surface area contributed by atoms with Crippen molar-refractivity contribution >= 4 is 29.1 Å². The summed E-state index contributed by atoms with van der Waals surface area (Å²) in [5, 5.41) is 5.48. The van der Waals surface area contributed by atoms with Crippen molar-refractivity contribution in [3.05, 3.63) is 24.3 Å². The molecule has 1 aliphatic rings. The first-order valence-electron chi connectivity index (χ1n) is 7.95. The van der Waals surface area contributed by atoms with Crippen molar-refractivity contribution in [3.63, 3.8) is 0 Å². The summed E-state index contributed by atoms with van der Waals surface area (Å²) >= 11 is 0. The molecule has 130 valence electrons. The smallest absolute Gasteiger partial charge is 0.229 e. The number of methoxy groups -OCH3 is 1. The lowest BCUT2D eigenvalue weighted by atomic mass is 10.1. The van der Waals surface area contributed by atoms with E-state index in [1.54, 1.807) is 36.3 Å². The first kappa shape index (κ1) is 17.9. The molecule has 1 atom stereocenters. The highest BCUT2D eigenvalue weighted by molar-refractivity contribution is 5.98. The molecule has 0 radical (unpaired) electrons. The predicted molar refractivity (Wildman–Crippen MR) is 90.6 cm³/mol. The molecule has 1 saturated heterocycles. The predicted octanol–water partition coefficient (Wildman–Crippen LogP) is 1.47. The van der Waals surface area contributed by atoms with Gasteiger partial charge in [-0.3, -0.25) is 14.4 Å². The van der Waals surface area contributed by atoms with E-state index < -0.39 is 0 Å². The Bertz CT molecular complexity index is 618. The molecule has 24 heavy (non-hydrogen) atoms. The van der Waals surface area contributed by atoms with Gasteiger partial charge >= 0.3 is 0 Å². The first-order chi connectivity index (χ1) is 11.5. The van der Waals surface area contributed by atoms with Gasteiger partial charge in [-0.1, -0.05) is 6.07 Å². The van der Waals surface area contributed by atoms with Crippen LogP contribution in [0.3, 0.4) is 0 Å². The van der Waals surface area contributed by atoms with E-state index in [0.717, 1.165) is 6.42 Å². The summed E-state index contributed by atoms with van der Waals surface area (Å²) in [7, 11) is 1.62. The number of amides is 3. The topological polar surface area (TPSA) is 87.7 Å². The maximum atomic E-state index is 12.4. The van der Waals surface area contributed by atoms with Crippen molar-refractivity contribution in [2.75, 3.05) is 37.4 Å². The molecule has 0 saturated carbocycles. The van der Waals surface area contributed by atoms with E-state index in [2.05, 4.69) is 10.6 Å². The summed E-state index contributed by atoms with van der Waals surface area (Å²) in [6, 6.07) is 6.92. The number of nitrogens with one attached hydrogen (secondary N) is 2. The monoisotopic (exact) mass is 333 g/mol. The fourth-order valence-corrected chi connectivity index (χ4v) is 2.69. The average Bonchev–Trinajstić information content (AvgIpc) is 2.89. The highest BCUT2D eigenvalue weighted by Crippen LogP contribution is 2.21. The molecule has 1 aromatic rings. The Balaban J connectivity index is 1.91. The second-order valence-corrected chi connectivity index (χ2v) is 5.84. The van der Waals surface area contributed by atoms with E-state index in [-0.39, 0.29) is 30.1 Å². The molecule has 3 amide bonds. The van der Waals surface area contributed by atoms with Gasteiger partial charge in [-0.2, -0.15) is 0 Å². The Kier molecular flexibility index (Phi) is 6.31. The van der Waals surface area contributed by atoms with Crippen LogP contribution in [0.15, 0.2) is 24.3 Å². The number of carbonyl (C=O) groups is 3. The van der Waals surface area contributed by atoms with E-state index in [1.165, 1.54) is 6.92 Å². The minimum absolute atomic E-state index is 0.00162. The summed E-state index contributed by atoms with van der Waals surface area (Å²) in [4.78, 5) is 37.1. The number of rotatable bonds is 7. The fraction of sp³-hybridized carbons (Fsp3) is 0.471. The zero-order valence-corrected chi connectivity index (χ0v) is 14.0. The van der Waals surface area contributed by atoms with Crippen molar-refractivity contribution in [1.29, 1.82) is 0 Å². The molecular weight excluding hydrogens is 310 g/mol. The largest absolute Gasteiger partial charge is 0.385 e. The van der Waals surface area contributed by atoms with Crippen molar-refractivity contribution in [2.24, 2.45) is 5.92 Å². The average molecular weight is 333 g/mol. The van der Waals surface area contributed by atoms with Crippen molar-refractivity contribution < 1.29 is 19.1 Å². The van der Waals surface area contributed by atoms with E-state index in [0.29, 0.717) is 31.1 Å². The van der Waals surface area contributed by atoms with Gasteiger partial charge in [0.1, 0.15) is 0 Å². The highest BCUT2D eigenvalue weighted by Gasteiger charge is 2.33. The van der Waals surface area contributed by atoms with Crippen molar-refractivity contribution in [1.82, 2.24) is 4.90 Å². The summed E-state index contributed by atoms with van der Waals surface area (Å²) in [6.45, 7) is 3.05. The molecule has 0 aromatic heterocycles. The van der Waals surface area contributed by atoms with Gasteiger partial charge in [-0.05, 0) is 24.6 Å². The lowest BCUT2D eigenvalue weighted by molar-refractivity contribution is -0.128. The molecule has 2 rings (SSSR count). The maximum Gasteiger partial charge on any atom is 0.229 e. The molecule has 7 nitrogen and oxygen atoms in total. The Hall–Kier alpha value is -2.41. The number of benzene rings is 1. The normalized spacial score (nSPS) is 17.0. The van der Waals surface area contributed by atoms with E-state index >= 15 is 0 Å². The second kappa shape index (κ2) is 8.44. The fourth-order valence-electron chi connectivity index (χ4n) is 2.69. The standard InChI is InChI=1S/C17H23N3O4/c1-12(21)18-14-5-3-6-15(10-14)19-17(23)13-9-16(22)20(11-13)7-4-8-24-2/h3,5-6,10,13H,4,7-9,11H2,1-2H3,(H,18,21)(H,19,23). The van der Waals surface area contributed by atoms with Gasteiger partial charge in [0.25, 0.3) is 0 Å². The molecule has 1 aliphatic heterocycles. The van der Waals surface area contributed by atoms with Crippen LogP contribution in [0.1, 0.15) is 19.8 Å². The first-order valence-corrected chi connectivity index (χ1v) is 7.95. The van der Waals surface area contributed by atoms with Gasteiger partial charge in [0.15, 0.2) is 0 Å². The Morgan fingerprint density at radius 2 is 2.00 bits per heavy atom. The van der Waals surface area contributed by atoms with Crippen LogP contribution in [0.2, 0.25) is 0 Å². The summed E-state index contributed by atoms with van der Waals surface area (Å²) in [5.41, 5.74) is 1.21. The number of hydrogen-bond donors (Lipinski definition) is 2. The van der Waals surface area contributed by atoms with Crippen LogP contribution in [0.4, 0.5) is 11.4 Å². The highest BCUT2D eigenvalue weighted by atomic mass is 16.5. The number of likely N-dealkylation sites (tertiary alicyclic amines) is 1. The van der Waals surface area contributed by atoms with Gasteiger partial charge in [0, 0.05) is 51.5 Å². The number of nitrogens with zero attached hydrogens (tertiary/aromatic N) is 1. The molecule has 0 bridgehead atoms. The molecule has 1 aromatic carbocycles. The third-order valence-electron chi connectivity index (χ3n) is 3.81. The quantitative estimate of drug-likeness (QED) is 0.740. The number of carbonyl (C=O) groups excluding carboxylic acids is 3. The van der Waals surface area contributed by atoms with Crippen LogP contribution in [-0.4, -0.2) is 49.4 Å². The second-order valence-electron chi connectivity index (χ2n) is 5.84. The van der Waals surface area contributed by atoms with Crippen molar-refractivity contribution in [2.45, 2.75) is 19.8 Å². The van der Waals surface area contributed by atoms with Crippen LogP contribution in [0.25, 0.3) is 0 Å². The minimum atomic E-state index is -0.357. The van der Waals surface area contributed by atoms with Gasteiger partial charge in [-0.25, -0.2) is 0 Å². The minimum Gasteiger partial charge on any atom is -0.385 e.